The number of rotatable bonds is 6. The molecule has 2 aromatic rings. The molecule has 10 nitrogen and oxygen atoms in total. The van der Waals surface area contributed by atoms with Gasteiger partial charge in [0.1, 0.15) is 0 Å². The number of Topliss-reactive ketones (excluding diaryl/α,β-unsaturated/α-hetero) is 4. The van der Waals surface area contributed by atoms with Crippen LogP contribution in [-0.4, -0.2) is 45.0 Å². The second-order valence-corrected chi connectivity index (χ2v) is 5.78. The van der Waals surface area contributed by atoms with Gasteiger partial charge in [0.25, 0.3) is 0 Å². The van der Waals surface area contributed by atoms with Gasteiger partial charge in [-0.2, -0.15) is 0 Å². The fourth-order valence-corrected chi connectivity index (χ4v) is 1.55. The molecule has 0 unspecified atom stereocenters. The van der Waals surface area contributed by atoms with Crippen LogP contribution in [0.1, 0.15) is 49.8 Å². The number of aromatic nitrogens is 2. The first-order valence-electron chi connectivity index (χ1n) is 8.81. The maximum Gasteiger partial charge on any atom is 3.00 e. The van der Waals surface area contributed by atoms with Crippen LogP contribution in [-0.2, 0) is 38.7 Å². The van der Waals surface area contributed by atoms with Crippen molar-refractivity contribution in [2.75, 3.05) is 0 Å². The minimum atomic E-state index is -1.17. The maximum atomic E-state index is 10.1. The van der Waals surface area contributed by atoms with E-state index in [1.54, 1.807) is 0 Å². The molecule has 177 valence electrons. The average molecular weight is 545 g/mol. The molecular weight excluding hydrogens is 521 g/mol. The van der Waals surface area contributed by atoms with E-state index in [1.807, 2.05) is 0 Å². The van der Waals surface area contributed by atoms with E-state index in [9.17, 15) is 39.0 Å². The molecule has 0 aliphatic rings. The largest absolute Gasteiger partial charge is 3.00 e. The van der Waals surface area contributed by atoms with Gasteiger partial charge in [0.15, 0.2) is 0 Å². The molecule has 0 aliphatic carbocycles. The predicted molar refractivity (Wildman–Crippen MR) is 110 cm³/mol. The summed E-state index contributed by atoms with van der Waals surface area (Å²) < 4.78 is 0. The molecule has 2 heterocycles. The smallest absolute Gasteiger partial charge is 0.545 e. The maximum absolute atomic E-state index is 10.1. The number of carboxylic acid groups (broad SMARTS) is 2. The normalized spacial score (nSPS) is 8.12. The Hall–Kier alpha value is -3.72. The van der Waals surface area contributed by atoms with Crippen LogP contribution >= 0.6 is 0 Å². The van der Waals surface area contributed by atoms with Gasteiger partial charge in [-0.25, -0.2) is 0 Å². The van der Waals surface area contributed by atoms with Crippen molar-refractivity contribution in [3.63, 3.8) is 0 Å². The molecule has 0 amide bonds. The van der Waals surface area contributed by atoms with Crippen LogP contribution in [0.2, 0.25) is 0 Å². The van der Waals surface area contributed by atoms with Crippen molar-refractivity contribution < 1.29 is 59.9 Å². The molecule has 2 aromatic heterocycles. The Morgan fingerprint density at radius 3 is 0.909 bits per heavy atom. The number of hydrogen-bond donors (Lipinski definition) is 0. The first kappa shape index (κ1) is 33.9. The summed E-state index contributed by atoms with van der Waals surface area (Å²) in [5.41, 5.74) is 0.315. The molecular formula is C22H23N2O8Ru. The van der Waals surface area contributed by atoms with Crippen LogP contribution in [0.15, 0.2) is 49.1 Å². The van der Waals surface area contributed by atoms with E-state index in [2.05, 4.69) is 9.97 Å². The second kappa shape index (κ2) is 20.2. The second-order valence-electron chi connectivity index (χ2n) is 5.78. The van der Waals surface area contributed by atoms with Gasteiger partial charge in [0.2, 0.25) is 0 Å². The third-order valence-corrected chi connectivity index (χ3v) is 2.65. The summed E-state index contributed by atoms with van der Waals surface area (Å²) in [7, 11) is 0. The number of nitrogens with zero attached hydrogens (tertiary/aromatic N) is 2. The number of carbonyl (C=O) groups is 6. The van der Waals surface area contributed by atoms with Crippen molar-refractivity contribution in [1.29, 1.82) is 0 Å². The number of hydrogen-bond acceptors (Lipinski definition) is 10. The van der Waals surface area contributed by atoms with E-state index >= 15 is 0 Å². The summed E-state index contributed by atoms with van der Waals surface area (Å²) in [6.07, 6.45) is 7.74. The fourth-order valence-electron chi connectivity index (χ4n) is 1.55. The zero-order valence-electron chi connectivity index (χ0n) is 19.3. The third kappa shape index (κ3) is 24.4. The molecule has 0 fully saturated rings. The molecule has 11 heteroatoms. The molecule has 33 heavy (non-hydrogen) atoms. The fraction of sp³-hybridized carbons (Fsp3) is 0.182. The topological polar surface area (TPSA) is 174 Å². The summed E-state index contributed by atoms with van der Waals surface area (Å²) >= 11 is 0. The van der Waals surface area contributed by atoms with Crippen LogP contribution in [0, 0.1) is 12.8 Å². The van der Waals surface area contributed by atoms with Gasteiger partial charge in [-0.3, -0.25) is 22.8 Å². The molecule has 0 aromatic carbocycles. The molecule has 0 spiro atoms. The number of ketones is 4. The van der Waals surface area contributed by atoms with Gasteiger partial charge in [0, 0.05) is 59.0 Å². The molecule has 0 saturated carbocycles. The summed E-state index contributed by atoms with van der Waals surface area (Å²) in [5, 5.41) is 20.1. The molecule has 0 saturated heterocycles. The van der Waals surface area contributed by atoms with Crippen molar-refractivity contribution in [2.45, 2.75) is 27.7 Å². The minimum Gasteiger partial charge on any atom is -0.545 e. The van der Waals surface area contributed by atoms with Crippen LogP contribution in [0.25, 0.3) is 0 Å². The monoisotopic (exact) mass is 545 g/mol. The van der Waals surface area contributed by atoms with Gasteiger partial charge >= 0.3 is 20.9 Å². The Bertz CT molecular complexity index is 810. The first-order chi connectivity index (χ1) is 14.9. The number of aromatic carboxylic acids is 2. The van der Waals surface area contributed by atoms with Crippen molar-refractivity contribution >= 4 is 35.1 Å². The summed E-state index contributed by atoms with van der Waals surface area (Å²) in [6, 6.07) is 5.54. The van der Waals surface area contributed by atoms with E-state index in [-0.39, 0.29) is 55.2 Å². The van der Waals surface area contributed by atoms with Gasteiger partial charge in [-0.1, -0.05) is 0 Å². The van der Waals surface area contributed by atoms with Gasteiger partial charge < -0.3 is 39.0 Å². The Morgan fingerprint density at radius 1 is 0.606 bits per heavy atom. The minimum absolute atomic E-state index is 0. The third-order valence-electron chi connectivity index (χ3n) is 2.65. The van der Waals surface area contributed by atoms with Crippen molar-refractivity contribution in [3.8, 4) is 0 Å². The van der Waals surface area contributed by atoms with Gasteiger partial charge in [0.05, 0.1) is 11.9 Å². The standard InChI is InChI=1S/2C6H5NO2.2C5H7O2.Ru/c2*8-6(9)5-1-3-7-4-2-5;2*1-4(6)3-5(2)7;/h2*1-4H,(H,8,9);2*3H,1-2H3;/q;;2*-1;+3/p-1. The van der Waals surface area contributed by atoms with Crippen LogP contribution < -0.4 is 10.2 Å². The van der Waals surface area contributed by atoms with Crippen LogP contribution in [0.3, 0.4) is 0 Å². The molecule has 0 aliphatic heterocycles. The Morgan fingerprint density at radius 2 is 0.818 bits per heavy atom. The van der Waals surface area contributed by atoms with E-state index in [4.69, 9.17) is 0 Å². The van der Waals surface area contributed by atoms with E-state index in [0.717, 1.165) is 12.8 Å². The zero-order valence-corrected chi connectivity index (χ0v) is 20.0. The Balaban J connectivity index is -0.000000175. The summed E-state index contributed by atoms with van der Waals surface area (Å²) in [4.78, 5) is 67.3. The first-order valence-corrected chi connectivity index (χ1v) is 8.81. The molecule has 2 rings (SSSR count). The van der Waals surface area contributed by atoms with E-state index in [1.165, 1.54) is 76.7 Å². The summed E-state index contributed by atoms with van der Waals surface area (Å²) in [5.74, 6) is -3.09. The van der Waals surface area contributed by atoms with E-state index in [0.29, 0.717) is 0 Å². The van der Waals surface area contributed by atoms with Crippen LogP contribution in [0.4, 0.5) is 0 Å². The SMILES string of the molecule is CC(=O)[CH-]C(C)=O.CC(=O)[CH-]C(C)=O.O=C([O-])c1ccncc1.O=C([O-])c1ccncc1.[H+].[Ru+3]. The molecule has 0 bridgehead atoms. The number of carbonyl (C=O) groups excluding carboxylic acids is 6. The molecule has 0 N–H and O–H groups in total. The van der Waals surface area contributed by atoms with Crippen molar-refractivity contribution in [3.05, 3.63) is 73.0 Å². The van der Waals surface area contributed by atoms with Gasteiger partial charge in [-0.05, 0) is 52.0 Å². The van der Waals surface area contributed by atoms with Crippen LogP contribution in [0.5, 0.6) is 0 Å². The molecule has 1 radical (unpaired) electrons. The molecule has 0 atom stereocenters. The number of carboxylic acids is 2. The summed E-state index contributed by atoms with van der Waals surface area (Å²) in [6.45, 7) is 5.39. The Kier molecular flexibility index (Phi) is 20.8. The van der Waals surface area contributed by atoms with E-state index < -0.39 is 11.9 Å². The number of pyridine rings is 2. The van der Waals surface area contributed by atoms with Gasteiger partial charge in [-0.15, -0.1) is 0 Å². The Labute approximate surface area is 205 Å². The predicted octanol–water partition coefficient (Wildman–Crippen LogP) is -0.262. The average Bonchev–Trinajstić information content (AvgIpc) is 2.68. The zero-order chi connectivity index (χ0) is 25.1. The van der Waals surface area contributed by atoms with Crippen molar-refractivity contribution in [2.24, 2.45) is 0 Å². The van der Waals surface area contributed by atoms with Crippen molar-refractivity contribution in [1.82, 2.24) is 9.97 Å². The quantitative estimate of drug-likeness (QED) is 0.268.